The molecule has 0 spiro atoms. The van der Waals surface area contributed by atoms with Crippen molar-refractivity contribution in [2.45, 2.75) is 13.2 Å². The Balaban J connectivity index is 1.33. The average Bonchev–Trinajstić information content (AvgIpc) is 3.12. The summed E-state index contributed by atoms with van der Waals surface area (Å²) in [6, 6.07) is 14.8. The number of ether oxygens (including phenoxy) is 4. The number of halogens is 1. The van der Waals surface area contributed by atoms with Gasteiger partial charge >= 0.3 is 0 Å². The molecule has 166 valence electrons. The zero-order valence-corrected chi connectivity index (χ0v) is 18.7. The first-order valence-corrected chi connectivity index (χ1v) is 10.7. The number of allylic oxidation sites excluding steroid dienone is 1. The fourth-order valence-corrected chi connectivity index (χ4v) is 4.18. The number of ketones is 1. The Morgan fingerprint density at radius 2 is 1.94 bits per heavy atom. The van der Waals surface area contributed by atoms with Crippen molar-refractivity contribution in [1.82, 2.24) is 0 Å². The third-order valence-corrected chi connectivity index (χ3v) is 5.65. The minimum atomic E-state index is -0.477. The van der Waals surface area contributed by atoms with Crippen LogP contribution < -0.4 is 14.2 Å². The number of hydrogen-bond donors (Lipinski definition) is 0. The summed E-state index contributed by atoms with van der Waals surface area (Å²) in [7, 11) is 0. The molecule has 8 nitrogen and oxygen atoms in total. The van der Waals surface area contributed by atoms with Crippen LogP contribution in [0.2, 0.25) is 0 Å². The number of nitro groups is 1. The van der Waals surface area contributed by atoms with Crippen LogP contribution in [0, 0.1) is 10.1 Å². The zero-order chi connectivity index (χ0) is 22.9. The van der Waals surface area contributed by atoms with Gasteiger partial charge in [0.1, 0.15) is 23.9 Å². The average molecular weight is 510 g/mol. The second kappa shape index (κ2) is 8.68. The maximum Gasteiger partial charge on any atom is 0.269 e. The van der Waals surface area contributed by atoms with Gasteiger partial charge < -0.3 is 18.9 Å². The highest BCUT2D eigenvalue weighted by molar-refractivity contribution is 9.10. The Hall–Kier alpha value is -3.69. The van der Waals surface area contributed by atoms with Gasteiger partial charge in [-0.1, -0.05) is 15.9 Å². The van der Waals surface area contributed by atoms with Crippen LogP contribution in [-0.4, -0.2) is 17.5 Å². The molecule has 0 N–H and O–H groups in total. The molecule has 9 heteroatoms. The van der Waals surface area contributed by atoms with E-state index in [0.717, 1.165) is 21.3 Å². The summed E-state index contributed by atoms with van der Waals surface area (Å²) in [5.74, 6) is 1.57. The molecule has 0 aromatic heterocycles. The van der Waals surface area contributed by atoms with Crippen molar-refractivity contribution in [3.05, 3.63) is 97.2 Å². The first-order chi connectivity index (χ1) is 16.0. The molecule has 0 bridgehead atoms. The molecule has 5 rings (SSSR count). The van der Waals surface area contributed by atoms with Crippen LogP contribution in [0.25, 0.3) is 6.08 Å². The predicted molar refractivity (Wildman–Crippen MR) is 121 cm³/mol. The maximum atomic E-state index is 12.7. The van der Waals surface area contributed by atoms with E-state index in [4.69, 9.17) is 18.9 Å². The number of benzene rings is 3. The second-order valence-electron chi connectivity index (χ2n) is 7.40. The summed E-state index contributed by atoms with van der Waals surface area (Å²) in [4.78, 5) is 23.0. The van der Waals surface area contributed by atoms with Gasteiger partial charge in [0.25, 0.3) is 5.69 Å². The van der Waals surface area contributed by atoms with Gasteiger partial charge in [0, 0.05) is 33.8 Å². The van der Waals surface area contributed by atoms with E-state index < -0.39 is 4.92 Å². The Morgan fingerprint density at radius 1 is 1.12 bits per heavy atom. The molecule has 0 radical (unpaired) electrons. The Bertz CT molecular complexity index is 1300. The van der Waals surface area contributed by atoms with E-state index in [-0.39, 0.29) is 30.6 Å². The Kier molecular flexibility index (Phi) is 5.57. The number of fused-ring (bicyclic) bond motifs is 2. The number of carbonyl (C=O) groups excluding carboxylic acids is 1. The molecule has 2 aliphatic rings. The quantitative estimate of drug-likeness (QED) is 0.257. The molecule has 0 saturated carbocycles. The van der Waals surface area contributed by atoms with Gasteiger partial charge in [-0.3, -0.25) is 14.9 Å². The maximum absolute atomic E-state index is 12.7. The lowest BCUT2D eigenvalue weighted by Crippen LogP contribution is -2.14. The van der Waals surface area contributed by atoms with Crippen molar-refractivity contribution in [3.63, 3.8) is 0 Å². The third kappa shape index (κ3) is 4.33. The number of hydrogen-bond acceptors (Lipinski definition) is 7. The van der Waals surface area contributed by atoms with Gasteiger partial charge in [-0.05, 0) is 48.0 Å². The largest absolute Gasteiger partial charge is 0.489 e. The predicted octanol–water partition coefficient (Wildman–Crippen LogP) is 5.42. The molecule has 2 aliphatic heterocycles. The lowest BCUT2D eigenvalue weighted by molar-refractivity contribution is -0.384. The van der Waals surface area contributed by atoms with Gasteiger partial charge in [-0.25, -0.2) is 0 Å². The van der Waals surface area contributed by atoms with Crippen LogP contribution >= 0.6 is 15.9 Å². The minimum Gasteiger partial charge on any atom is -0.489 e. The van der Waals surface area contributed by atoms with Crippen LogP contribution in [0.1, 0.15) is 27.0 Å². The molecule has 33 heavy (non-hydrogen) atoms. The first-order valence-electron chi connectivity index (χ1n) is 9.95. The standard InChI is InChI=1S/C24H16BrNO7/c25-17-8-15-11-30-13-32-24(15)16(9-17)12-31-19-5-6-20-21(10-19)33-22(23(20)27)7-14-1-3-18(4-2-14)26(28)29/h1-10H,11-13H2/b22-7-. The number of nitrogens with zero attached hydrogens (tertiary/aromatic N) is 1. The lowest BCUT2D eigenvalue weighted by Gasteiger charge is -2.21. The summed E-state index contributed by atoms with van der Waals surface area (Å²) in [6.07, 6.45) is 1.56. The lowest BCUT2D eigenvalue weighted by atomic mass is 10.1. The number of carbonyl (C=O) groups is 1. The summed E-state index contributed by atoms with van der Waals surface area (Å²) >= 11 is 3.50. The number of nitro benzene ring substituents is 1. The van der Waals surface area contributed by atoms with E-state index in [0.29, 0.717) is 29.2 Å². The smallest absolute Gasteiger partial charge is 0.269 e. The number of non-ortho nitro benzene ring substituents is 1. The SMILES string of the molecule is O=C1/C(=C/c2ccc([N+](=O)[O-])cc2)Oc2cc(OCc3cc(Br)cc4c3OCOC4)ccc21. The van der Waals surface area contributed by atoms with E-state index in [1.54, 1.807) is 36.4 Å². The summed E-state index contributed by atoms with van der Waals surface area (Å²) < 4.78 is 23.6. The van der Waals surface area contributed by atoms with Gasteiger partial charge in [0.15, 0.2) is 12.6 Å². The molecule has 0 aliphatic carbocycles. The van der Waals surface area contributed by atoms with Crippen LogP contribution in [0.15, 0.2) is 64.8 Å². The van der Waals surface area contributed by atoms with Gasteiger partial charge in [0.2, 0.25) is 5.78 Å². The van der Waals surface area contributed by atoms with Crippen molar-refractivity contribution in [2.24, 2.45) is 0 Å². The second-order valence-corrected chi connectivity index (χ2v) is 8.31. The van der Waals surface area contributed by atoms with Gasteiger partial charge in [-0.15, -0.1) is 0 Å². The van der Waals surface area contributed by atoms with E-state index in [1.807, 2.05) is 12.1 Å². The molecule has 3 aromatic rings. The fourth-order valence-electron chi connectivity index (χ4n) is 3.63. The normalized spacial score (nSPS) is 15.4. The third-order valence-electron chi connectivity index (χ3n) is 5.19. The summed E-state index contributed by atoms with van der Waals surface area (Å²) in [5.41, 5.74) is 2.84. The molecular formula is C24H16BrNO7. The molecule has 0 unspecified atom stereocenters. The van der Waals surface area contributed by atoms with E-state index in [2.05, 4.69) is 15.9 Å². The molecule has 0 amide bonds. The highest BCUT2D eigenvalue weighted by Gasteiger charge is 2.28. The van der Waals surface area contributed by atoms with Crippen LogP contribution in [0.5, 0.6) is 17.2 Å². The van der Waals surface area contributed by atoms with E-state index in [1.165, 1.54) is 12.1 Å². The molecule has 2 heterocycles. The molecular weight excluding hydrogens is 494 g/mol. The van der Waals surface area contributed by atoms with Crippen LogP contribution in [-0.2, 0) is 18.0 Å². The first kappa shape index (κ1) is 21.2. The summed E-state index contributed by atoms with van der Waals surface area (Å²) in [5, 5.41) is 10.8. The van der Waals surface area contributed by atoms with E-state index in [9.17, 15) is 14.9 Å². The van der Waals surface area contributed by atoms with Crippen molar-refractivity contribution in [3.8, 4) is 17.2 Å². The minimum absolute atomic E-state index is 0.0227. The zero-order valence-electron chi connectivity index (χ0n) is 17.1. The highest BCUT2D eigenvalue weighted by atomic mass is 79.9. The van der Waals surface area contributed by atoms with Crippen molar-refractivity contribution >= 4 is 33.5 Å². The number of Topliss-reactive ketones (excluding diaryl/α,β-unsaturated/α-hetero) is 1. The van der Waals surface area contributed by atoms with Crippen molar-refractivity contribution in [2.75, 3.05) is 6.79 Å². The molecule has 0 saturated heterocycles. The monoisotopic (exact) mass is 509 g/mol. The van der Waals surface area contributed by atoms with Gasteiger partial charge in [-0.2, -0.15) is 0 Å². The highest BCUT2D eigenvalue weighted by Crippen LogP contribution is 2.36. The topological polar surface area (TPSA) is 97.1 Å². The summed E-state index contributed by atoms with van der Waals surface area (Å²) in [6.45, 7) is 0.931. The number of rotatable bonds is 5. The Morgan fingerprint density at radius 3 is 2.73 bits per heavy atom. The fraction of sp³-hybridized carbons (Fsp3) is 0.125. The van der Waals surface area contributed by atoms with Crippen LogP contribution in [0.3, 0.4) is 0 Å². The molecule has 0 atom stereocenters. The van der Waals surface area contributed by atoms with E-state index >= 15 is 0 Å². The van der Waals surface area contributed by atoms with Gasteiger partial charge in [0.05, 0.1) is 17.1 Å². The van der Waals surface area contributed by atoms with Crippen molar-refractivity contribution in [1.29, 1.82) is 0 Å². The van der Waals surface area contributed by atoms with Crippen molar-refractivity contribution < 1.29 is 28.7 Å². The Labute approximate surface area is 196 Å². The van der Waals surface area contributed by atoms with Crippen LogP contribution in [0.4, 0.5) is 5.69 Å². The molecule has 3 aromatic carbocycles. The molecule has 0 fully saturated rings.